The summed E-state index contributed by atoms with van der Waals surface area (Å²) in [5, 5.41) is 3.29. The molecule has 1 aromatic rings. The maximum Gasteiger partial charge on any atom is 0.162 e. The van der Waals surface area contributed by atoms with E-state index in [0.29, 0.717) is 6.42 Å². The molecule has 1 fully saturated rings. The lowest BCUT2D eigenvalue weighted by atomic mass is 10.1. The molecule has 0 amide bonds. The summed E-state index contributed by atoms with van der Waals surface area (Å²) < 4.78 is 5.54. The van der Waals surface area contributed by atoms with Crippen molar-refractivity contribution in [2.75, 3.05) is 25.1 Å². The molecule has 0 heterocycles. The van der Waals surface area contributed by atoms with Crippen LogP contribution in [0.4, 0.5) is 5.69 Å². The zero-order valence-electron chi connectivity index (χ0n) is 10.9. The number of hydrogen-bond donors (Lipinski definition) is 1. The van der Waals surface area contributed by atoms with Gasteiger partial charge < -0.3 is 10.1 Å². The summed E-state index contributed by atoms with van der Waals surface area (Å²) in [6, 6.07) is 7.64. The summed E-state index contributed by atoms with van der Waals surface area (Å²) in [4.78, 5) is 11.5. The molecule has 0 radical (unpaired) electrons. The van der Waals surface area contributed by atoms with E-state index in [2.05, 4.69) is 5.32 Å². The largest absolute Gasteiger partial charge is 0.383 e. The molecule has 1 aromatic carbocycles. The minimum absolute atomic E-state index is 0.189. The number of ketones is 1. The van der Waals surface area contributed by atoms with Crippen molar-refractivity contribution in [1.82, 2.24) is 0 Å². The second-order valence-electron chi connectivity index (χ2n) is 4.80. The summed E-state index contributed by atoms with van der Waals surface area (Å²) in [5.41, 5.74) is 1.82. The number of benzene rings is 1. The third-order valence-electron chi connectivity index (χ3n) is 3.15. The fraction of sp³-hybridized carbons (Fsp3) is 0.533. The van der Waals surface area contributed by atoms with Crippen molar-refractivity contribution < 1.29 is 9.53 Å². The van der Waals surface area contributed by atoms with Crippen molar-refractivity contribution in [3.05, 3.63) is 29.8 Å². The highest BCUT2D eigenvalue weighted by atomic mass is 16.5. The fourth-order valence-corrected chi connectivity index (χ4v) is 1.78. The van der Waals surface area contributed by atoms with Crippen LogP contribution in [0.2, 0.25) is 0 Å². The average Bonchev–Trinajstić information content (AvgIpc) is 3.22. The average molecular weight is 247 g/mol. The molecule has 3 nitrogen and oxygen atoms in total. The number of nitrogens with one attached hydrogen (secondary N) is 1. The van der Waals surface area contributed by atoms with E-state index in [4.69, 9.17) is 4.74 Å². The molecule has 0 atom stereocenters. The van der Waals surface area contributed by atoms with E-state index in [9.17, 15) is 4.79 Å². The monoisotopic (exact) mass is 247 g/mol. The van der Waals surface area contributed by atoms with Gasteiger partial charge in [-0.15, -0.1) is 0 Å². The molecule has 0 saturated heterocycles. The first-order chi connectivity index (χ1) is 8.79. The van der Waals surface area contributed by atoms with Crippen molar-refractivity contribution in [2.24, 2.45) is 5.92 Å². The Morgan fingerprint density at radius 1 is 1.33 bits per heavy atom. The van der Waals surface area contributed by atoms with E-state index in [1.54, 1.807) is 0 Å². The molecule has 0 unspecified atom stereocenters. The molecule has 0 aromatic heterocycles. The summed E-state index contributed by atoms with van der Waals surface area (Å²) in [7, 11) is 0. The Labute approximate surface area is 109 Å². The maximum atomic E-state index is 11.5. The van der Waals surface area contributed by atoms with Crippen LogP contribution in [-0.4, -0.2) is 25.5 Å². The molecule has 0 spiro atoms. The molecule has 1 N–H and O–H groups in total. The van der Waals surface area contributed by atoms with Gasteiger partial charge >= 0.3 is 0 Å². The van der Waals surface area contributed by atoms with Crippen LogP contribution in [0.1, 0.15) is 36.5 Å². The predicted molar refractivity (Wildman–Crippen MR) is 73.1 cm³/mol. The van der Waals surface area contributed by atoms with E-state index in [1.807, 2.05) is 31.2 Å². The SMILES string of the molecule is CCC(=O)c1ccc(NCCOCC2CC2)cc1. The second kappa shape index (κ2) is 6.55. The first-order valence-corrected chi connectivity index (χ1v) is 6.74. The van der Waals surface area contributed by atoms with Crippen molar-refractivity contribution >= 4 is 11.5 Å². The zero-order valence-corrected chi connectivity index (χ0v) is 10.9. The summed E-state index contributed by atoms with van der Waals surface area (Å²) >= 11 is 0. The Kier molecular flexibility index (Phi) is 4.76. The summed E-state index contributed by atoms with van der Waals surface area (Å²) in [5.74, 6) is 1.01. The summed E-state index contributed by atoms with van der Waals surface area (Å²) in [6.07, 6.45) is 3.22. The quantitative estimate of drug-likeness (QED) is 0.566. The highest BCUT2D eigenvalue weighted by molar-refractivity contribution is 5.96. The molecule has 0 aliphatic heterocycles. The molecule has 98 valence electrons. The van der Waals surface area contributed by atoms with Gasteiger partial charge in [0.15, 0.2) is 5.78 Å². The third kappa shape index (κ3) is 4.15. The van der Waals surface area contributed by atoms with E-state index in [1.165, 1.54) is 12.8 Å². The van der Waals surface area contributed by atoms with Crippen molar-refractivity contribution in [3.63, 3.8) is 0 Å². The highest BCUT2D eigenvalue weighted by Gasteiger charge is 2.20. The minimum Gasteiger partial charge on any atom is -0.383 e. The number of carbonyl (C=O) groups is 1. The Balaban J connectivity index is 1.67. The second-order valence-corrected chi connectivity index (χ2v) is 4.80. The van der Waals surface area contributed by atoms with Gasteiger partial charge in [0.1, 0.15) is 0 Å². The van der Waals surface area contributed by atoms with Crippen LogP contribution in [0.5, 0.6) is 0 Å². The molecular weight excluding hydrogens is 226 g/mol. The van der Waals surface area contributed by atoms with Crippen LogP contribution in [0.15, 0.2) is 24.3 Å². The predicted octanol–water partition coefficient (Wildman–Crippen LogP) is 3.12. The molecule has 3 heteroatoms. The molecule has 1 aliphatic rings. The molecule has 1 aliphatic carbocycles. The third-order valence-corrected chi connectivity index (χ3v) is 3.15. The maximum absolute atomic E-state index is 11.5. The van der Waals surface area contributed by atoms with Crippen LogP contribution in [0.25, 0.3) is 0 Å². The number of ether oxygens (including phenoxy) is 1. The Bertz CT molecular complexity index is 382. The number of anilines is 1. The van der Waals surface area contributed by atoms with E-state index < -0.39 is 0 Å². The van der Waals surface area contributed by atoms with Crippen molar-refractivity contribution in [2.45, 2.75) is 26.2 Å². The lowest BCUT2D eigenvalue weighted by Crippen LogP contribution is -2.10. The number of Topliss-reactive ketones (excluding diaryl/α,β-unsaturated/α-hetero) is 1. The lowest BCUT2D eigenvalue weighted by Gasteiger charge is -2.07. The molecular formula is C15H21NO2. The standard InChI is InChI=1S/C15H21NO2/c1-2-15(17)13-5-7-14(8-6-13)16-9-10-18-11-12-3-4-12/h5-8,12,16H,2-4,9-11H2,1H3. The van der Waals surface area contributed by atoms with Crippen LogP contribution >= 0.6 is 0 Å². The normalized spacial score (nSPS) is 14.5. The van der Waals surface area contributed by atoms with Gasteiger partial charge in [-0.1, -0.05) is 6.92 Å². The lowest BCUT2D eigenvalue weighted by molar-refractivity contribution is 0.0988. The van der Waals surface area contributed by atoms with Gasteiger partial charge in [0.25, 0.3) is 0 Å². The highest BCUT2D eigenvalue weighted by Crippen LogP contribution is 2.28. The first kappa shape index (κ1) is 13.1. The van der Waals surface area contributed by atoms with Crippen LogP contribution in [0, 0.1) is 5.92 Å². The molecule has 2 rings (SSSR count). The van der Waals surface area contributed by atoms with Gasteiger partial charge in [-0.05, 0) is 43.0 Å². The molecule has 1 saturated carbocycles. The van der Waals surface area contributed by atoms with Crippen LogP contribution < -0.4 is 5.32 Å². The van der Waals surface area contributed by atoms with E-state index >= 15 is 0 Å². The van der Waals surface area contributed by atoms with Gasteiger partial charge in [-0.3, -0.25) is 4.79 Å². The van der Waals surface area contributed by atoms with Crippen LogP contribution in [0.3, 0.4) is 0 Å². The number of carbonyl (C=O) groups excluding carboxylic acids is 1. The minimum atomic E-state index is 0.189. The van der Waals surface area contributed by atoms with Gasteiger partial charge in [0.05, 0.1) is 6.61 Å². The summed E-state index contributed by atoms with van der Waals surface area (Å²) in [6.45, 7) is 4.34. The number of hydrogen-bond acceptors (Lipinski definition) is 3. The fourth-order valence-electron chi connectivity index (χ4n) is 1.78. The Morgan fingerprint density at radius 3 is 2.67 bits per heavy atom. The zero-order chi connectivity index (χ0) is 12.8. The first-order valence-electron chi connectivity index (χ1n) is 6.74. The van der Waals surface area contributed by atoms with Gasteiger partial charge in [0, 0.05) is 30.8 Å². The van der Waals surface area contributed by atoms with E-state index in [0.717, 1.165) is 36.9 Å². The molecule has 18 heavy (non-hydrogen) atoms. The smallest absolute Gasteiger partial charge is 0.162 e. The van der Waals surface area contributed by atoms with Gasteiger partial charge in [-0.2, -0.15) is 0 Å². The van der Waals surface area contributed by atoms with Crippen molar-refractivity contribution in [1.29, 1.82) is 0 Å². The molecule has 0 bridgehead atoms. The van der Waals surface area contributed by atoms with Crippen molar-refractivity contribution in [3.8, 4) is 0 Å². The Hall–Kier alpha value is -1.35. The number of rotatable bonds is 8. The van der Waals surface area contributed by atoms with Gasteiger partial charge in [-0.25, -0.2) is 0 Å². The topological polar surface area (TPSA) is 38.3 Å². The van der Waals surface area contributed by atoms with Crippen LogP contribution in [-0.2, 0) is 4.74 Å². The van der Waals surface area contributed by atoms with E-state index in [-0.39, 0.29) is 5.78 Å². The van der Waals surface area contributed by atoms with Gasteiger partial charge in [0.2, 0.25) is 0 Å². The Morgan fingerprint density at radius 2 is 2.06 bits per heavy atom.